The fraction of sp³-hybridized carbons (Fsp3) is 0.667. The highest BCUT2D eigenvalue weighted by atomic mass is 35.5. The van der Waals surface area contributed by atoms with Gasteiger partial charge in [0.2, 0.25) is 0 Å². The Hall–Kier alpha value is -0.800. The van der Waals surface area contributed by atoms with Crippen molar-refractivity contribution in [1.29, 1.82) is 0 Å². The van der Waals surface area contributed by atoms with E-state index in [1.54, 1.807) is 6.20 Å². The molecule has 19 heavy (non-hydrogen) atoms. The number of piperidine rings is 1. The van der Waals surface area contributed by atoms with E-state index < -0.39 is 0 Å². The van der Waals surface area contributed by atoms with Gasteiger partial charge in [-0.3, -0.25) is 0 Å². The van der Waals surface area contributed by atoms with E-state index in [4.69, 9.17) is 11.6 Å². The van der Waals surface area contributed by atoms with Gasteiger partial charge in [-0.15, -0.1) is 0 Å². The molecule has 1 fully saturated rings. The highest BCUT2D eigenvalue weighted by molar-refractivity contribution is 6.31. The van der Waals surface area contributed by atoms with Gasteiger partial charge in [0.25, 0.3) is 0 Å². The van der Waals surface area contributed by atoms with Crippen molar-refractivity contribution in [1.82, 2.24) is 10.3 Å². The lowest BCUT2D eigenvalue weighted by Gasteiger charge is -2.31. The van der Waals surface area contributed by atoms with Crippen molar-refractivity contribution in [2.45, 2.75) is 46.2 Å². The Morgan fingerprint density at radius 2 is 2.11 bits per heavy atom. The van der Waals surface area contributed by atoms with Crippen LogP contribution < -0.4 is 10.2 Å². The van der Waals surface area contributed by atoms with Gasteiger partial charge in [0, 0.05) is 31.9 Å². The van der Waals surface area contributed by atoms with Crippen LogP contribution in [0.15, 0.2) is 12.3 Å². The number of anilines is 1. The highest BCUT2D eigenvalue weighted by Crippen LogP contribution is 2.24. The minimum absolute atomic E-state index is 0.462. The molecule has 0 radical (unpaired) electrons. The largest absolute Gasteiger partial charge is 0.357 e. The molecule has 0 unspecified atom stereocenters. The zero-order valence-corrected chi connectivity index (χ0v) is 12.9. The van der Waals surface area contributed by atoms with Crippen molar-refractivity contribution in [2.75, 3.05) is 18.0 Å². The van der Waals surface area contributed by atoms with Gasteiger partial charge in [-0.2, -0.15) is 0 Å². The van der Waals surface area contributed by atoms with Gasteiger partial charge in [-0.1, -0.05) is 32.4 Å². The molecule has 0 saturated carbocycles. The van der Waals surface area contributed by atoms with E-state index in [-0.39, 0.29) is 0 Å². The quantitative estimate of drug-likeness (QED) is 0.916. The average molecular weight is 282 g/mol. The van der Waals surface area contributed by atoms with Crippen LogP contribution in [0.4, 0.5) is 5.82 Å². The van der Waals surface area contributed by atoms with E-state index in [1.165, 1.54) is 12.8 Å². The maximum absolute atomic E-state index is 6.22. The molecule has 1 aliphatic heterocycles. The van der Waals surface area contributed by atoms with Gasteiger partial charge in [-0.05, 0) is 30.4 Å². The minimum Gasteiger partial charge on any atom is -0.357 e. The second-order valence-corrected chi connectivity index (χ2v) is 6.25. The minimum atomic E-state index is 0.462. The lowest BCUT2D eigenvalue weighted by atomic mass is 9.99. The number of aromatic nitrogens is 1. The standard InChI is InChI=1S/C15H24ClN3/c1-11(2)17-9-13-8-15(18-10-14(13)16)19-6-4-12(3)5-7-19/h8,10-12,17H,4-7,9H2,1-3H3. The summed E-state index contributed by atoms with van der Waals surface area (Å²) in [5.74, 6) is 1.91. The summed E-state index contributed by atoms with van der Waals surface area (Å²) in [6.07, 6.45) is 4.29. The predicted molar refractivity (Wildman–Crippen MR) is 81.8 cm³/mol. The summed E-state index contributed by atoms with van der Waals surface area (Å²) >= 11 is 6.22. The maximum atomic E-state index is 6.22. The Kier molecular flexibility index (Phi) is 5.06. The molecule has 0 aromatic carbocycles. The first-order valence-electron chi connectivity index (χ1n) is 7.19. The molecule has 0 amide bonds. The molecule has 0 aliphatic carbocycles. The van der Waals surface area contributed by atoms with E-state index >= 15 is 0 Å². The third kappa shape index (κ3) is 4.08. The van der Waals surface area contributed by atoms with Crippen LogP contribution in [0.5, 0.6) is 0 Å². The smallest absolute Gasteiger partial charge is 0.128 e. The third-order valence-electron chi connectivity index (χ3n) is 3.73. The van der Waals surface area contributed by atoms with E-state index in [0.29, 0.717) is 6.04 Å². The molecule has 1 aromatic rings. The fourth-order valence-electron chi connectivity index (χ4n) is 2.33. The van der Waals surface area contributed by atoms with Crippen molar-refractivity contribution in [3.63, 3.8) is 0 Å². The van der Waals surface area contributed by atoms with E-state index in [2.05, 4.69) is 42.0 Å². The summed E-state index contributed by atoms with van der Waals surface area (Å²) in [7, 11) is 0. The molecule has 1 saturated heterocycles. The summed E-state index contributed by atoms with van der Waals surface area (Å²) in [5, 5.41) is 4.16. The first-order chi connectivity index (χ1) is 9.06. The van der Waals surface area contributed by atoms with Gasteiger partial charge in [-0.25, -0.2) is 4.98 Å². The highest BCUT2D eigenvalue weighted by Gasteiger charge is 2.17. The van der Waals surface area contributed by atoms with E-state index in [0.717, 1.165) is 42.0 Å². The molecule has 1 N–H and O–H groups in total. The van der Waals surface area contributed by atoms with Crippen LogP contribution in [0.3, 0.4) is 0 Å². The summed E-state index contributed by atoms with van der Waals surface area (Å²) in [4.78, 5) is 6.85. The van der Waals surface area contributed by atoms with Crippen LogP contribution in [0.2, 0.25) is 5.02 Å². The predicted octanol–water partition coefficient (Wildman–Crippen LogP) is 3.47. The molecule has 2 rings (SSSR count). The number of nitrogens with one attached hydrogen (secondary N) is 1. The first-order valence-corrected chi connectivity index (χ1v) is 7.57. The van der Waals surface area contributed by atoms with Crippen molar-refractivity contribution < 1.29 is 0 Å². The van der Waals surface area contributed by atoms with Gasteiger partial charge >= 0.3 is 0 Å². The number of hydrogen-bond acceptors (Lipinski definition) is 3. The summed E-state index contributed by atoms with van der Waals surface area (Å²) in [5.41, 5.74) is 1.14. The van der Waals surface area contributed by atoms with Crippen molar-refractivity contribution in [2.24, 2.45) is 5.92 Å². The van der Waals surface area contributed by atoms with E-state index in [1.807, 2.05) is 0 Å². The van der Waals surface area contributed by atoms with Gasteiger partial charge in [0.1, 0.15) is 5.82 Å². The molecule has 4 heteroatoms. The van der Waals surface area contributed by atoms with Crippen LogP contribution in [0.1, 0.15) is 39.2 Å². The Labute approximate surface area is 121 Å². The molecule has 0 atom stereocenters. The average Bonchev–Trinajstić information content (AvgIpc) is 2.39. The van der Waals surface area contributed by atoms with Gasteiger partial charge < -0.3 is 10.2 Å². The van der Waals surface area contributed by atoms with Crippen LogP contribution in [0.25, 0.3) is 0 Å². The van der Waals surface area contributed by atoms with Crippen LogP contribution in [0, 0.1) is 5.92 Å². The van der Waals surface area contributed by atoms with Crippen molar-refractivity contribution >= 4 is 17.4 Å². The topological polar surface area (TPSA) is 28.2 Å². The molecular formula is C15H24ClN3. The van der Waals surface area contributed by atoms with Crippen LogP contribution >= 0.6 is 11.6 Å². The third-order valence-corrected chi connectivity index (χ3v) is 4.07. The number of pyridine rings is 1. The van der Waals surface area contributed by atoms with Gasteiger partial charge in [0.15, 0.2) is 0 Å². The Bertz CT molecular complexity index is 412. The molecule has 2 heterocycles. The number of nitrogens with zero attached hydrogens (tertiary/aromatic N) is 2. The lowest BCUT2D eigenvalue weighted by Crippen LogP contribution is -2.33. The summed E-state index contributed by atoms with van der Waals surface area (Å²) < 4.78 is 0. The zero-order valence-electron chi connectivity index (χ0n) is 12.1. The fourth-order valence-corrected chi connectivity index (χ4v) is 2.50. The maximum Gasteiger partial charge on any atom is 0.128 e. The molecule has 106 valence electrons. The summed E-state index contributed by atoms with van der Waals surface area (Å²) in [6.45, 7) is 9.62. The second-order valence-electron chi connectivity index (χ2n) is 5.84. The zero-order chi connectivity index (χ0) is 13.8. The Balaban J connectivity index is 2.07. The number of halogens is 1. The van der Waals surface area contributed by atoms with E-state index in [9.17, 15) is 0 Å². The molecule has 1 aromatic heterocycles. The first kappa shape index (κ1) is 14.6. The van der Waals surface area contributed by atoms with Crippen LogP contribution in [-0.2, 0) is 6.54 Å². The molecule has 0 spiro atoms. The van der Waals surface area contributed by atoms with Crippen LogP contribution in [-0.4, -0.2) is 24.1 Å². The van der Waals surface area contributed by atoms with Crippen molar-refractivity contribution in [3.8, 4) is 0 Å². The molecule has 0 bridgehead atoms. The Morgan fingerprint density at radius 1 is 1.42 bits per heavy atom. The monoisotopic (exact) mass is 281 g/mol. The Morgan fingerprint density at radius 3 is 2.74 bits per heavy atom. The van der Waals surface area contributed by atoms with Gasteiger partial charge in [0.05, 0.1) is 5.02 Å². The van der Waals surface area contributed by atoms with Crippen molar-refractivity contribution in [3.05, 3.63) is 22.8 Å². The normalized spacial score (nSPS) is 17.2. The second kappa shape index (κ2) is 6.58. The molecular weight excluding hydrogens is 258 g/mol. The number of hydrogen-bond donors (Lipinski definition) is 1. The lowest BCUT2D eigenvalue weighted by molar-refractivity contribution is 0.436. The molecule has 3 nitrogen and oxygen atoms in total. The summed E-state index contributed by atoms with van der Waals surface area (Å²) in [6, 6.07) is 2.59. The molecule has 1 aliphatic rings. The SMILES string of the molecule is CC1CCN(c2cc(CNC(C)C)c(Cl)cn2)CC1. The number of rotatable bonds is 4.